The highest BCUT2D eigenvalue weighted by Crippen LogP contribution is 2.39. The van der Waals surface area contributed by atoms with Crippen LogP contribution in [0, 0.1) is 10.1 Å². The van der Waals surface area contributed by atoms with E-state index in [0.29, 0.717) is 36.0 Å². The first-order chi connectivity index (χ1) is 21.7. The Morgan fingerprint density at radius 3 is 1.96 bits per heavy atom. The lowest BCUT2D eigenvalue weighted by atomic mass is 9.88. The molecule has 0 saturated heterocycles. The van der Waals surface area contributed by atoms with Crippen LogP contribution in [0.4, 0.5) is 5.69 Å². The molecule has 0 heterocycles. The topological polar surface area (TPSA) is 144 Å². The fourth-order valence-electron chi connectivity index (χ4n) is 5.07. The van der Waals surface area contributed by atoms with Gasteiger partial charge in [-0.05, 0) is 71.5 Å². The second-order valence-electron chi connectivity index (χ2n) is 10.1. The summed E-state index contributed by atoms with van der Waals surface area (Å²) in [6, 6.07) is 28.9. The summed E-state index contributed by atoms with van der Waals surface area (Å²) in [6.07, 6.45) is 0.162. The van der Waals surface area contributed by atoms with Gasteiger partial charge in [0.25, 0.3) is 5.69 Å². The van der Waals surface area contributed by atoms with E-state index in [4.69, 9.17) is 30.4 Å². The monoisotopic (exact) mass is 610 g/mol. The first-order valence-electron chi connectivity index (χ1n) is 14.5. The van der Waals surface area contributed by atoms with Gasteiger partial charge >= 0.3 is 0 Å². The van der Waals surface area contributed by atoms with Crippen LogP contribution in [0.2, 0.25) is 0 Å². The van der Waals surface area contributed by atoms with Crippen molar-refractivity contribution >= 4 is 22.8 Å². The standard InChI is InChI=1S/C35H38N4O6/c1-5-29(24-9-7-6-8-10-24)34(25-11-15-27(16-12-25)44-20-19-38-35(36)37)26-13-17-28(18-14-26)45-23(2)30-21-32(42-3)33(43-4)22-31(30)39(40)41/h6-18,21-23H,5,19-20H2,1-4H3,(H4,36,37,38). The van der Waals surface area contributed by atoms with Crippen molar-refractivity contribution in [2.75, 3.05) is 27.4 Å². The minimum absolute atomic E-state index is 0.0323. The number of rotatable bonds is 14. The van der Waals surface area contributed by atoms with Crippen LogP contribution in [0.5, 0.6) is 23.0 Å². The molecule has 4 aromatic rings. The van der Waals surface area contributed by atoms with Crippen LogP contribution >= 0.6 is 0 Å². The van der Waals surface area contributed by atoms with Gasteiger partial charge in [0, 0.05) is 0 Å². The van der Waals surface area contributed by atoms with Gasteiger partial charge in [0.1, 0.15) is 24.2 Å². The quantitative estimate of drug-likeness (QED) is 0.0397. The Balaban J connectivity index is 1.66. The van der Waals surface area contributed by atoms with Gasteiger partial charge in [-0.3, -0.25) is 15.1 Å². The van der Waals surface area contributed by atoms with Crippen LogP contribution in [0.25, 0.3) is 11.1 Å². The number of methoxy groups -OCH3 is 2. The molecule has 0 aliphatic heterocycles. The summed E-state index contributed by atoms with van der Waals surface area (Å²) >= 11 is 0. The summed E-state index contributed by atoms with van der Waals surface area (Å²) in [6.45, 7) is 4.63. The first kappa shape index (κ1) is 32.4. The zero-order valence-electron chi connectivity index (χ0n) is 25.9. The molecule has 10 heteroatoms. The third-order valence-corrected chi connectivity index (χ3v) is 7.20. The van der Waals surface area contributed by atoms with E-state index < -0.39 is 11.0 Å². The summed E-state index contributed by atoms with van der Waals surface area (Å²) in [5.74, 6) is 1.97. The molecule has 4 rings (SSSR count). The zero-order chi connectivity index (χ0) is 32.3. The van der Waals surface area contributed by atoms with E-state index in [2.05, 4.69) is 24.0 Å². The van der Waals surface area contributed by atoms with Crippen molar-refractivity contribution in [3.05, 3.63) is 123 Å². The van der Waals surface area contributed by atoms with Crippen molar-refractivity contribution in [3.63, 3.8) is 0 Å². The lowest BCUT2D eigenvalue weighted by molar-refractivity contribution is -0.386. The molecule has 45 heavy (non-hydrogen) atoms. The number of benzene rings is 4. The maximum Gasteiger partial charge on any atom is 0.280 e. The number of aliphatic imine (C=N–C) groups is 1. The van der Waals surface area contributed by atoms with Crippen LogP contribution in [0.3, 0.4) is 0 Å². The Morgan fingerprint density at radius 2 is 1.42 bits per heavy atom. The number of nitrogens with zero attached hydrogens (tertiary/aromatic N) is 2. The number of nitro groups is 1. The van der Waals surface area contributed by atoms with Gasteiger partial charge < -0.3 is 30.4 Å². The maximum absolute atomic E-state index is 11.8. The first-order valence-corrected chi connectivity index (χ1v) is 14.5. The van der Waals surface area contributed by atoms with Crippen molar-refractivity contribution in [2.24, 2.45) is 16.5 Å². The molecule has 0 aliphatic carbocycles. The van der Waals surface area contributed by atoms with Crippen molar-refractivity contribution in [1.82, 2.24) is 0 Å². The van der Waals surface area contributed by atoms with Gasteiger partial charge in [-0.25, -0.2) is 0 Å². The van der Waals surface area contributed by atoms with Crippen molar-refractivity contribution in [2.45, 2.75) is 26.4 Å². The maximum atomic E-state index is 11.8. The Hall–Kier alpha value is -5.51. The van der Waals surface area contributed by atoms with Gasteiger partial charge in [0.2, 0.25) is 0 Å². The number of allylic oxidation sites excluding steroid dienone is 1. The molecule has 0 amide bonds. The summed E-state index contributed by atoms with van der Waals surface area (Å²) in [5, 5.41) is 11.8. The highest BCUT2D eigenvalue weighted by atomic mass is 16.6. The van der Waals surface area contributed by atoms with Gasteiger partial charge in [-0.1, -0.05) is 61.5 Å². The fraction of sp³-hybridized carbons (Fsp3) is 0.229. The Morgan fingerprint density at radius 1 is 0.844 bits per heavy atom. The number of hydrogen-bond donors (Lipinski definition) is 2. The van der Waals surface area contributed by atoms with Gasteiger partial charge in [0.15, 0.2) is 17.5 Å². The number of nitrogens with two attached hydrogens (primary N) is 2. The second kappa shape index (κ2) is 15.3. The minimum atomic E-state index is -0.638. The predicted molar refractivity (Wildman–Crippen MR) is 177 cm³/mol. The van der Waals surface area contributed by atoms with Gasteiger partial charge in [0.05, 0.1) is 37.3 Å². The predicted octanol–water partition coefficient (Wildman–Crippen LogP) is 6.77. The highest BCUT2D eigenvalue weighted by Gasteiger charge is 2.25. The third-order valence-electron chi connectivity index (χ3n) is 7.20. The third kappa shape index (κ3) is 8.11. The van der Waals surface area contributed by atoms with Crippen LogP contribution in [-0.4, -0.2) is 38.3 Å². The average Bonchev–Trinajstić information content (AvgIpc) is 3.06. The van der Waals surface area contributed by atoms with Crippen LogP contribution < -0.4 is 30.4 Å². The number of nitro benzene ring substituents is 1. The Bertz CT molecular complexity index is 1650. The number of hydrogen-bond acceptors (Lipinski definition) is 7. The van der Waals surface area contributed by atoms with Gasteiger partial charge in [-0.2, -0.15) is 0 Å². The smallest absolute Gasteiger partial charge is 0.280 e. The molecule has 0 bridgehead atoms. The summed E-state index contributed by atoms with van der Waals surface area (Å²) < 4.78 is 22.6. The van der Waals surface area contributed by atoms with E-state index >= 15 is 0 Å². The molecule has 0 radical (unpaired) electrons. The molecule has 0 saturated carbocycles. The average molecular weight is 611 g/mol. The molecular weight excluding hydrogens is 572 g/mol. The van der Waals surface area contributed by atoms with Crippen molar-refractivity contribution < 1.29 is 23.9 Å². The molecule has 4 N–H and O–H groups in total. The van der Waals surface area contributed by atoms with Gasteiger partial charge in [-0.15, -0.1) is 0 Å². The minimum Gasteiger partial charge on any atom is -0.493 e. The number of guanidine groups is 1. The van der Waals surface area contributed by atoms with Crippen molar-refractivity contribution in [1.29, 1.82) is 0 Å². The van der Waals surface area contributed by atoms with Crippen LogP contribution in [-0.2, 0) is 0 Å². The Labute approximate surface area is 263 Å². The lowest BCUT2D eigenvalue weighted by Crippen LogP contribution is -2.23. The summed E-state index contributed by atoms with van der Waals surface area (Å²) in [5.41, 5.74) is 16.5. The highest BCUT2D eigenvalue weighted by molar-refractivity contribution is 5.98. The van der Waals surface area contributed by atoms with E-state index in [-0.39, 0.29) is 17.4 Å². The summed E-state index contributed by atoms with van der Waals surface area (Å²) in [4.78, 5) is 15.3. The SMILES string of the molecule is CCC(=C(c1ccc(OCCN=C(N)N)cc1)c1ccc(OC(C)c2cc(OC)c(OC)cc2[N+](=O)[O-])cc1)c1ccccc1. The zero-order valence-corrected chi connectivity index (χ0v) is 25.9. The molecule has 0 aromatic heterocycles. The van der Waals surface area contributed by atoms with E-state index in [1.165, 1.54) is 25.9 Å². The molecular formula is C35H38N4O6. The fourth-order valence-corrected chi connectivity index (χ4v) is 5.07. The molecule has 0 fully saturated rings. The lowest BCUT2D eigenvalue weighted by Gasteiger charge is -2.19. The number of ether oxygens (including phenoxy) is 4. The van der Waals surface area contributed by atoms with E-state index in [9.17, 15) is 10.1 Å². The molecule has 0 spiro atoms. The Kier molecular flexibility index (Phi) is 11.0. The molecule has 234 valence electrons. The summed E-state index contributed by atoms with van der Waals surface area (Å²) in [7, 11) is 2.92. The molecule has 1 unspecified atom stereocenters. The molecule has 4 aromatic carbocycles. The normalized spacial score (nSPS) is 12.0. The van der Waals surface area contributed by atoms with E-state index in [1.54, 1.807) is 13.0 Å². The van der Waals surface area contributed by atoms with Crippen LogP contribution in [0.1, 0.15) is 48.6 Å². The van der Waals surface area contributed by atoms with E-state index in [1.807, 2.05) is 66.7 Å². The molecule has 10 nitrogen and oxygen atoms in total. The van der Waals surface area contributed by atoms with Crippen LogP contribution in [0.15, 0.2) is 96.0 Å². The second-order valence-corrected chi connectivity index (χ2v) is 10.1. The van der Waals surface area contributed by atoms with E-state index in [0.717, 1.165) is 28.7 Å². The molecule has 0 aliphatic rings. The van der Waals surface area contributed by atoms with Crippen molar-refractivity contribution in [3.8, 4) is 23.0 Å². The largest absolute Gasteiger partial charge is 0.493 e. The molecule has 1 atom stereocenters.